The summed E-state index contributed by atoms with van der Waals surface area (Å²) in [5.41, 5.74) is 0.829. The fraction of sp³-hybridized carbons (Fsp3) is 0.385. The van der Waals surface area contributed by atoms with E-state index >= 15 is 0 Å². The number of ether oxygens (including phenoxy) is 1. The van der Waals surface area contributed by atoms with Gasteiger partial charge >= 0.3 is 0 Å². The second kappa shape index (κ2) is 5.14. The van der Waals surface area contributed by atoms with E-state index in [9.17, 15) is 5.11 Å². The molecular formula is C13H16N2O2S. The number of hydrogen-bond acceptors (Lipinski definition) is 5. The summed E-state index contributed by atoms with van der Waals surface area (Å²) in [6, 6.07) is 3.83. The third-order valence-corrected chi connectivity index (χ3v) is 3.90. The van der Waals surface area contributed by atoms with Crippen LogP contribution in [0.2, 0.25) is 0 Å². The minimum absolute atomic E-state index is 0.399. The molecule has 0 saturated heterocycles. The van der Waals surface area contributed by atoms with Crippen molar-refractivity contribution < 1.29 is 9.84 Å². The lowest BCUT2D eigenvalue weighted by Gasteiger charge is -2.16. The molecule has 0 bridgehead atoms. The number of hydrogen-bond donors (Lipinski definition) is 1. The first-order valence-corrected chi connectivity index (χ1v) is 6.46. The molecule has 0 amide bonds. The zero-order chi connectivity index (χ0) is 13.2. The van der Waals surface area contributed by atoms with Crippen LogP contribution in [0.25, 0.3) is 10.6 Å². The van der Waals surface area contributed by atoms with Crippen LogP contribution in [-0.4, -0.2) is 22.2 Å². The van der Waals surface area contributed by atoms with Gasteiger partial charge in [-0.15, -0.1) is 11.3 Å². The number of aliphatic hydroxyl groups is 1. The van der Waals surface area contributed by atoms with Crippen molar-refractivity contribution in [3.8, 4) is 10.6 Å². The molecule has 0 saturated carbocycles. The molecule has 1 N–H and O–H groups in total. The highest BCUT2D eigenvalue weighted by atomic mass is 32.1. The first-order valence-electron chi connectivity index (χ1n) is 5.64. The molecule has 96 valence electrons. The fourth-order valence-electron chi connectivity index (χ4n) is 1.68. The zero-order valence-electron chi connectivity index (χ0n) is 10.7. The summed E-state index contributed by atoms with van der Waals surface area (Å²) in [5, 5.41) is 11.0. The van der Waals surface area contributed by atoms with Gasteiger partial charge in [0.05, 0.1) is 22.8 Å². The molecule has 0 aromatic carbocycles. The first kappa shape index (κ1) is 13.1. The van der Waals surface area contributed by atoms with Crippen molar-refractivity contribution in [1.29, 1.82) is 0 Å². The summed E-state index contributed by atoms with van der Waals surface area (Å²) in [5.74, 6) is 0. The van der Waals surface area contributed by atoms with Gasteiger partial charge < -0.3 is 9.84 Å². The SMILES string of the molecule is COCc1nc(-c2cccnc2)sc1C(C)(C)O. The van der Waals surface area contributed by atoms with Crippen LogP contribution >= 0.6 is 11.3 Å². The maximum Gasteiger partial charge on any atom is 0.125 e. The molecule has 0 fully saturated rings. The van der Waals surface area contributed by atoms with E-state index in [1.165, 1.54) is 11.3 Å². The van der Waals surface area contributed by atoms with E-state index in [4.69, 9.17) is 4.74 Å². The largest absolute Gasteiger partial charge is 0.385 e. The van der Waals surface area contributed by atoms with Gasteiger partial charge in [0.1, 0.15) is 5.01 Å². The molecule has 0 atom stereocenters. The summed E-state index contributed by atoms with van der Waals surface area (Å²) < 4.78 is 5.13. The minimum Gasteiger partial charge on any atom is -0.385 e. The average Bonchev–Trinajstić information content (AvgIpc) is 2.75. The van der Waals surface area contributed by atoms with Crippen LogP contribution in [0.4, 0.5) is 0 Å². The molecular weight excluding hydrogens is 248 g/mol. The smallest absolute Gasteiger partial charge is 0.125 e. The summed E-state index contributed by atoms with van der Waals surface area (Å²) in [6.07, 6.45) is 3.49. The van der Waals surface area contributed by atoms with Crippen LogP contribution in [0, 0.1) is 0 Å². The van der Waals surface area contributed by atoms with Crippen LogP contribution in [-0.2, 0) is 16.9 Å². The first-order chi connectivity index (χ1) is 8.52. The number of thiazole rings is 1. The monoisotopic (exact) mass is 264 g/mol. The van der Waals surface area contributed by atoms with Crippen LogP contribution < -0.4 is 0 Å². The van der Waals surface area contributed by atoms with E-state index in [0.717, 1.165) is 21.1 Å². The van der Waals surface area contributed by atoms with Crippen molar-refractivity contribution in [2.75, 3.05) is 7.11 Å². The quantitative estimate of drug-likeness (QED) is 0.922. The van der Waals surface area contributed by atoms with Gasteiger partial charge in [0, 0.05) is 25.1 Å². The number of nitrogens with zero attached hydrogens (tertiary/aromatic N) is 2. The predicted molar refractivity (Wildman–Crippen MR) is 71.3 cm³/mol. The Balaban J connectivity index is 2.46. The van der Waals surface area contributed by atoms with Crippen molar-refractivity contribution in [1.82, 2.24) is 9.97 Å². The van der Waals surface area contributed by atoms with E-state index < -0.39 is 5.60 Å². The number of aromatic nitrogens is 2. The van der Waals surface area contributed by atoms with Crippen molar-refractivity contribution in [3.63, 3.8) is 0 Å². The molecule has 2 heterocycles. The number of pyridine rings is 1. The van der Waals surface area contributed by atoms with Gasteiger partial charge in [0.2, 0.25) is 0 Å². The molecule has 4 nitrogen and oxygen atoms in total. The molecule has 0 aliphatic rings. The van der Waals surface area contributed by atoms with Gasteiger partial charge in [0.25, 0.3) is 0 Å². The number of rotatable bonds is 4. The van der Waals surface area contributed by atoms with E-state index in [2.05, 4.69) is 9.97 Å². The van der Waals surface area contributed by atoms with Crippen LogP contribution in [0.3, 0.4) is 0 Å². The van der Waals surface area contributed by atoms with Crippen molar-refractivity contribution in [3.05, 3.63) is 35.1 Å². The summed E-state index contributed by atoms with van der Waals surface area (Å²) >= 11 is 1.48. The predicted octanol–water partition coefficient (Wildman–Crippen LogP) is 2.58. The van der Waals surface area contributed by atoms with Crippen LogP contribution in [0.1, 0.15) is 24.4 Å². The maximum atomic E-state index is 10.2. The maximum absolute atomic E-state index is 10.2. The summed E-state index contributed by atoms with van der Waals surface area (Å²) in [4.78, 5) is 9.45. The molecule has 5 heteroatoms. The third kappa shape index (κ3) is 2.75. The van der Waals surface area contributed by atoms with E-state index in [1.54, 1.807) is 33.4 Å². The molecule has 2 aromatic heterocycles. The minimum atomic E-state index is -0.911. The summed E-state index contributed by atoms with van der Waals surface area (Å²) in [7, 11) is 1.62. The summed E-state index contributed by atoms with van der Waals surface area (Å²) in [6.45, 7) is 3.91. The third-order valence-electron chi connectivity index (χ3n) is 2.44. The molecule has 2 aromatic rings. The van der Waals surface area contributed by atoms with Gasteiger partial charge in [-0.1, -0.05) is 0 Å². The second-order valence-electron chi connectivity index (χ2n) is 4.53. The zero-order valence-corrected chi connectivity index (χ0v) is 11.5. The van der Waals surface area contributed by atoms with E-state index in [0.29, 0.717) is 6.61 Å². The highest BCUT2D eigenvalue weighted by molar-refractivity contribution is 7.15. The fourth-order valence-corrected chi connectivity index (χ4v) is 2.74. The normalized spacial score (nSPS) is 11.8. The van der Waals surface area contributed by atoms with E-state index in [-0.39, 0.29) is 0 Å². The second-order valence-corrected chi connectivity index (χ2v) is 5.53. The molecule has 0 spiro atoms. The molecule has 2 rings (SSSR count). The Bertz CT molecular complexity index is 518. The van der Waals surface area contributed by atoms with Crippen molar-refractivity contribution in [2.24, 2.45) is 0 Å². The molecule has 18 heavy (non-hydrogen) atoms. The van der Waals surface area contributed by atoms with Crippen molar-refractivity contribution in [2.45, 2.75) is 26.1 Å². The Morgan fingerprint density at radius 1 is 1.44 bits per heavy atom. The molecule has 0 aliphatic carbocycles. The Kier molecular flexibility index (Phi) is 3.75. The Morgan fingerprint density at radius 3 is 2.78 bits per heavy atom. The molecule has 0 unspecified atom stereocenters. The Hall–Kier alpha value is -1.30. The van der Waals surface area contributed by atoms with Gasteiger partial charge in [-0.25, -0.2) is 4.98 Å². The lowest BCUT2D eigenvalue weighted by atomic mass is 10.1. The Morgan fingerprint density at radius 2 is 2.22 bits per heavy atom. The lowest BCUT2D eigenvalue weighted by molar-refractivity contribution is 0.0782. The van der Waals surface area contributed by atoms with Gasteiger partial charge in [-0.2, -0.15) is 0 Å². The van der Waals surface area contributed by atoms with Crippen LogP contribution in [0.15, 0.2) is 24.5 Å². The van der Waals surface area contributed by atoms with Crippen LogP contribution in [0.5, 0.6) is 0 Å². The topological polar surface area (TPSA) is 55.2 Å². The molecule has 0 aliphatic heterocycles. The standard InChI is InChI=1S/C13H16N2O2S/c1-13(2,16)11-10(8-17-3)15-12(18-11)9-5-4-6-14-7-9/h4-7,16H,8H2,1-3H3. The van der Waals surface area contributed by atoms with Gasteiger partial charge in [-0.05, 0) is 26.0 Å². The lowest BCUT2D eigenvalue weighted by Crippen LogP contribution is -2.16. The molecule has 0 radical (unpaired) electrons. The average molecular weight is 264 g/mol. The number of methoxy groups -OCH3 is 1. The Labute approximate surface area is 110 Å². The van der Waals surface area contributed by atoms with E-state index in [1.807, 2.05) is 12.1 Å². The van der Waals surface area contributed by atoms with Gasteiger partial charge in [0.15, 0.2) is 0 Å². The van der Waals surface area contributed by atoms with Gasteiger partial charge in [-0.3, -0.25) is 4.98 Å². The van der Waals surface area contributed by atoms with Crippen molar-refractivity contribution >= 4 is 11.3 Å². The highest BCUT2D eigenvalue weighted by Gasteiger charge is 2.25. The highest BCUT2D eigenvalue weighted by Crippen LogP contribution is 2.34.